The molecule has 0 saturated carbocycles. The van der Waals surface area contributed by atoms with Gasteiger partial charge in [-0.3, -0.25) is 0 Å². The van der Waals surface area contributed by atoms with E-state index < -0.39 is 0 Å². The molecule has 1 rings (SSSR count). The van der Waals surface area contributed by atoms with E-state index in [0.29, 0.717) is 12.2 Å². The van der Waals surface area contributed by atoms with Crippen LogP contribution in [0.1, 0.15) is 12.5 Å². The molecule has 17 heavy (non-hydrogen) atoms. The maximum Gasteiger partial charge on any atom is 0.333 e. The molecule has 0 radical (unpaired) electrons. The molecule has 0 N–H and O–H groups in total. The summed E-state index contributed by atoms with van der Waals surface area (Å²) >= 11 is 0. The van der Waals surface area contributed by atoms with Crippen LogP contribution in [0.4, 0.5) is 5.69 Å². The topological polar surface area (TPSA) is 29.5 Å². The lowest BCUT2D eigenvalue weighted by Gasteiger charge is -2.12. The fourth-order valence-electron chi connectivity index (χ4n) is 1.35. The average molecular weight is 233 g/mol. The summed E-state index contributed by atoms with van der Waals surface area (Å²) in [5.74, 6) is -0.324. The van der Waals surface area contributed by atoms with Crippen LogP contribution in [-0.2, 0) is 16.0 Å². The van der Waals surface area contributed by atoms with Crippen molar-refractivity contribution in [3.05, 3.63) is 42.0 Å². The molecular weight excluding hydrogens is 214 g/mol. The Bertz CT molecular complexity index is 393. The van der Waals surface area contributed by atoms with Crippen LogP contribution in [0.25, 0.3) is 0 Å². The molecule has 1 aromatic rings. The molecule has 0 fully saturated rings. The summed E-state index contributed by atoms with van der Waals surface area (Å²) in [6.45, 7) is 5.57. The number of nitrogens with zero attached hydrogens (tertiary/aromatic N) is 1. The van der Waals surface area contributed by atoms with Crippen molar-refractivity contribution in [1.82, 2.24) is 0 Å². The zero-order valence-corrected chi connectivity index (χ0v) is 10.7. The van der Waals surface area contributed by atoms with Crippen molar-refractivity contribution in [1.29, 1.82) is 0 Å². The van der Waals surface area contributed by atoms with E-state index in [-0.39, 0.29) is 5.97 Å². The van der Waals surface area contributed by atoms with Gasteiger partial charge in [0.05, 0.1) is 6.61 Å². The highest BCUT2D eigenvalue weighted by atomic mass is 16.5. The molecule has 3 heteroatoms. The summed E-state index contributed by atoms with van der Waals surface area (Å²) in [7, 11) is 4.01. The van der Waals surface area contributed by atoms with Gasteiger partial charge >= 0.3 is 5.97 Å². The Morgan fingerprint density at radius 2 is 1.88 bits per heavy atom. The molecule has 0 aliphatic heterocycles. The number of anilines is 1. The summed E-state index contributed by atoms with van der Waals surface area (Å²) in [5, 5.41) is 0. The van der Waals surface area contributed by atoms with E-state index in [2.05, 4.69) is 18.7 Å². The van der Waals surface area contributed by atoms with Gasteiger partial charge in [0, 0.05) is 31.8 Å². The Labute approximate surface area is 103 Å². The van der Waals surface area contributed by atoms with E-state index in [1.54, 1.807) is 6.92 Å². The molecule has 0 saturated heterocycles. The van der Waals surface area contributed by atoms with E-state index in [1.165, 1.54) is 0 Å². The maximum atomic E-state index is 11.1. The number of benzene rings is 1. The third-order valence-corrected chi connectivity index (χ3v) is 2.43. The van der Waals surface area contributed by atoms with E-state index in [4.69, 9.17) is 4.74 Å². The Morgan fingerprint density at radius 3 is 2.35 bits per heavy atom. The second-order valence-electron chi connectivity index (χ2n) is 4.23. The Hall–Kier alpha value is -1.77. The molecule has 92 valence electrons. The lowest BCUT2D eigenvalue weighted by Crippen LogP contribution is -2.09. The number of rotatable bonds is 5. The van der Waals surface area contributed by atoms with Crippen molar-refractivity contribution in [2.75, 3.05) is 25.6 Å². The first-order valence-electron chi connectivity index (χ1n) is 5.59. The van der Waals surface area contributed by atoms with Crippen LogP contribution in [0.5, 0.6) is 0 Å². The summed E-state index contributed by atoms with van der Waals surface area (Å²) in [5.41, 5.74) is 2.76. The Balaban J connectivity index is 2.42. The van der Waals surface area contributed by atoms with Gasteiger partial charge in [0.25, 0.3) is 0 Å². The standard InChI is InChI=1S/C14H19NO2/c1-11(2)14(16)17-10-9-12-5-7-13(8-6-12)15(3)4/h5-8H,1,9-10H2,2-4H3. The highest BCUT2D eigenvalue weighted by Gasteiger charge is 2.03. The molecule has 0 atom stereocenters. The minimum Gasteiger partial charge on any atom is -0.462 e. The zero-order chi connectivity index (χ0) is 12.8. The third kappa shape index (κ3) is 4.31. The second-order valence-corrected chi connectivity index (χ2v) is 4.23. The van der Waals surface area contributed by atoms with Gasteiger partial charge in [0.1, 0.15) is 0 Å². The van der Waals surface area contributed by atoms with Gasteiger partial charge < -0.3 is 9.64 Å². The zero-order valence-electron chi connectivity index (χ0n) is 10.7. The molecule has 1 aromatic carbocycles. The number of hydrogen-bond donors (Lipinski definition) is 0. The molecule has 0 unspecified atom stereocenters. The highest BCUT2D eigenvalue weighted by Crippen LogP contribution is 2.12. The summed E-state index contributed by atoms with van der Waals surface area (Å²) in [6.07, 6.45) is 0.729. The minimum atomic E-state index is -0.324. The van der Waals surface area contributed by atoms with Gasteiger partial charge in [0.2, 0.25) is 0 Å². The van der Waals surface area contributed by atoms with Gasteiger partial charge in [0.15, 0.2) is 0 Å². The van der Waals surface area contributed by atoms with E-state index in [0.717, 1.165) is 17.7 Å². The maximum absolute atomic E-state index is 11.1. The lowest BCUT2D eigenvalue weighted by molar-refractivity contribution is -0.138. The van der Waals surface area contributed by atoms with E-state index >= 15 is 0 Å². The van der Waals surface area contributed by atoms with Crippen LogP contribution in [0.15, 0.2) is 36.4 Å². The van der Waals surface area contributed by atoms with Crippen molar-refractivity contribution in [2.24, 2.45) is 0 Å². The van der Waals surface area contributed by atoms with Crippen LogP contribution in [0.2, 0.25) is 0 Å². The van der Waals surface area contributed by atoms with Crippen molar-refractivity contribution in [3.8, 4) is 0 Å². The van der Waals surface area contributed by atoms with Crippen LogP contribution >= 0.6 is 0 Å². The van der Waals surface area contributed by atoms with E-state index in [9.17, 15) is 4.79 Å². The normalized spacial score (nSPS) is 9.82. The van der Waals surface area contributed by atoms with Gasteiger partial charge in [-0.1, -0.05) is 18.7 Å². The first kappa shape index (κ1) is 13.3. The molecule has 0 aromatic heterocycles. The largest absolute Gasteiger partial charge is 0.462 e. The quantitative estimate of drug-likeness (QED) is 0.578. The molecule has 0 spiro atoms. The van der Waals surface area contributed by atoms with Gasteiger partial charge in [-0.05, 0) is 24.6 Å². The number of carbonyl (C=O) groups is 1. The first-order valence-corrected chi connectivity index (χ1v) is 5.59. The van der Waals surface area contributed by atoms with Gasteiger partial charge in [-0.25, -0.2) is 4.79 Å². The minimum absolute atomic E-state index is 0.324. The summed E-state index contributed by atoms with van der Waals surface area (Å²) in [4.78, 5) is 13.2. The van der Waals surface area contributed by atoms with Crippen LogP contribution < -0.4 is 4.90 Å². The first-order chi connectivity index (χ1) is 8.00. The average Bonchev–Trinajstić information content (AvgIpc) is 2.29. The summed E-state index contributed by atoms with van der Waals surface area (Å²) in [6, 6.07) is 8.19. The van der Waals surface area contributed by atoms with Crippen molar-refractivity contribution in [3.63, 3.8) is 0 Å². The monoisotopic (exact) mass is 233 g/mol. The Morgan fingerprint density at radius 1 is 1.29 bits per heavy atom. The predicted molar refractivity (Wildman–Crippen MR) is 70.2 cm³/mol. The second kappa shape index (κ2) is 6.09. The number of hydrogen-bond acceptors (Lipinski definition) is 3. The fraction of sp³-hybridized carbons (Fsp3) is 0.357. The number of ether oxygens (including phenoxy) is 1. The fourth-order valence-corrected chi connectivity index (χ4v) is 1.35. The molecule has 3 nitrogen and oxygen atoms in total. The van der Waals surface area contributed by atoms with Crippen molar-refractivity contribution < 1.29 is 9.53 Å². The molecule has 0 amide bonds. The third-order valence-electron chi connectivity index (χ3n) is 2.43. The molecular formula is C14H19NO2. The molecule has 0 bridgehead atoms. The highest BCUT2D eigenvalue weighted by molar-refractivity contribution is 5.86. The van der Waals surface area contributed by atoms with E-state index in [1.807, 2.05) is 31.1 Å². The van der Waals surface area contributed by atoms with Crippen LogP contribution in [0, 0.1) is 0 Å². The summed E-state index contributed by atoms with van der Waals surface area (Å²) < 4.78 is 5.04. The van der Waals surface area contributed by atoms with Gasteiger partial charge in [-0.2, -0.15) is 0 Å². The molecule has 0 heterocycles. The predicted octanol–water partition coefficient (Wildman–Crippen LogP) is 2.41. The molecule has 0 aliphatic rings. The smallest absolute Gasteiger partial charge is 0.333 e. The Kier molecular flexibility index (Phi) is 4.76. The number of carbonyl (C=O) groups excluding carboxylic acids is 1. The van der Waals surface area contributed by atoms with Crippen LogP contribution in [0.3, 0.4) is 0 Å². The SMILES string of the molecule is C=C(C)C(=O)OCCc1ccc(N(C)C)cc1. The lowest BCUT2D eigenvalue weighted by atomic mass is 10.1. The molecule has 0 aliphatic carbocycles. The number of esters is 1. The van der Waals surface area contributed by atoms with Crippen molar-refractivity contribution in [2.45, 2.75) is 13.3 Å². The van der Waals surface area contributed by atoms with Crippen molar-refractivity contribution >= 4 is 11.7 Å². The van der Waals surface area contributed by atoms with Crippen LogP contribution in [-0.4, -0.2) is 26.7 Å². The van der Waals surface area contributed by atoms with Gasteiger partial charge in [-0.15, -0.1) is 0 Å².